The molecule has 0 saturated heterocycles. The number of nitrogens with one attached hydrogen (secondary N) is 1. The maximum Gasteiger partial charge on any atom is 0.417 e. The molecule has 0 spiro atoms. The van der Waals surface area contributed by atoms with E-state index in [1.807, 2.05) is 0 Å². The van der Waals surface area contributed by atoms with Gasteiger partial charge in [0.1, 0.15) is 0 Å². The summed E-state index contributed by atoms with van der Waals surface area (Å²) in [5, 5.41) is 0.866. The van der Waals surface area contributed by atoms with Crippen molar-refractivity contribution in [3.63, 3.8) is 0 Å². The summed E-state index contributed by atoms with van der Waals surface area (Å²) in [6.45, 7) is 2.21. The van der Waals surface area contributed by atoms with Crippen LogP contribution in [0.3, 0.4) is 0 Å². The Hall–Kier alpha value is -1.25. The molecule has 3 nitrogen and oxygen atoms in total. The fourth-order valence-electron chi connectivity index (χ4n) is 2.02. The second-order valence-corrected chi connectivity index (χ2v) is 3.64. The molecule has 3 atom stereocenters. The Morgan fingerprint density at radius 2 is 2.25 bits per heavy atom. The second kappa shape index (κ2) is 1.73. The van der Waals surface area contributed by atoms with Crippen LogP contribution in [-0.2, 0) is 0 Å². The highest BCUT2D eigenvalue weighted by Gasteiger charge is 2.44. The van der Waals surface area contributed by atoms with Crippen LogP contribution in [0.4, 0.5) is 0 Å². The van der Waals surface area contributed by atoms with E-state index in [4.69, 9.17) is 4.42 Å². The van der Waals surface area contributed by atoms with Gasteiger partial charge < -0.3 is 4.42 Å². The molecule has 0 aromatic carbocycles. The van der Waals surface area contributed by atoms with Crippen LogP contribution in [0.1, 0.15) is 8.35 Å². The predicted octanol–water partition coefficient (Wildman–Crippen LogP) is -0.329. The van der Waals surface area contributed by atoms with E-state index in [9.17, 15) is 4.79 Å². The van der Waals surface area contributed by atoms with Crippen LogP contribution in [0.5, 0.6) is 0 Å². The third kappa shape index (κ3) is 0.636. The molecule has 3 rings (SSSR count). The van der Waals surface area contributed by atoms with Gasteiger partial charge in [-0.3, -0.25) is 4.98 Å². The van der Waals surface area contributed by atoms with Crippen LogP contribution in [-0.4, -0.2) is 4.98 Å². The Kier molecular flexibility index (Phi) is 0.908. The van der Waals surface area contributed by atoms with Gasteiger partial charge in [-0.25, -0.2) is 4.79 Å². The van der Waals surface area contributed by atoms with E-state index in [0.717, 1.165) is 16.7 Å². The van der Waals surface area contributed by atoms with Gasteiger partial charge in [-0.05, 0) is 23.8 Å². The van der Waals surface area contributed by atoms with Gasteiger partial charge in [0, 0.05) is 1.43 Å². The highest BCUT2D eigenvalue weighted by molar-refractivity contribution is 5.47. The first-order valence-corrected chi connectivity index (χ1v) is 4.18. The Morgan fingerprint density at radius 1 is 1.50 bits per heavy atom. The fraction of sp³-hybridized carbons (Fsp3) is 0.444. The lowest BCUT2D eigenvalue weighted by atomic mass is 10.2. The number of H-pyrrole nitrogens is 1. The summed E-state index contributed by atoms with van der Waals surface area (Å²) in [6.07, 6.45) is 4.16. The van der Waals surface area contributed by atoms with Crippen LogP contribution < -0.4 is 16.5 Å². The number of hydrogen-bond donors (Lipinski definition) is 1. The normalized spacial score (nSPS) is 35.9. The first kappa shape index (κ1) is 6.29. The Balaban J connectivity index is 0.000000653. The lowest BCUT2D eigenvalue weighted by molar-refractivity contribution is 0.483. The van der Waals surface area contributed by atoms with Gasteiger partial charge in [0.2, 0.25) is 0 Å². The van der Waals surface area contributed by atoms with E-state index in [2.05, 4.69) is 24.1 Å². The van der Waals surface area contributed by atoms with Crippen molar-refractivity contribution in [1.29, 1.82) is 0 Å². The SMILES string of the molecule is CC1C2C=c3[nH]c(=O)oc3=CC12.[HH]. The molecule has 2 aliphatic rings. The van der Waals surface area contributed by atoms with E-state index in [1.54, 1.807) is 0 Å². The molecule has 1 fully saturated rings. The van der Waals surface area contributed by atoms with Gasteiger partial charge in [0.15, 0.2) is 5.42 Å². The van der Waals surface area contributed by atoms with Crippen LogP contribution >= 0.6 is 0 Å². The third-order valence-electron chi connectivity index (χ3n) is 2.93. The van der Waals surface area contributed by atoms with Crippen molar-refractivity contribution < 1.29 is 5.84 Å². The van der Waals surface area contributed by atoms with Crippen LogP contribution in [0.25, 0.3) is 12.2 Å². The van der Waals surface area contributed by atoms with E-state index in [0.29, 0.717) is 11.8 Å². The maximum absolute atomic E-state index is 10.8. The molecule has 12 heavy (non-hydrogen) atoms. The minimum atomic E-state index is -0.346. The number of aromatic amines is 1. The monoisotopic (exact) mass is 165 g/mol. The smallest absolute Gasteiger partial charge is 0.408 e. The minimum absolute atomic E-state index is 0. The predicted molar refractivity (Wildman–Crippen MR) is 45.8 cm³/mol. The minimum Gasteiger partial charge on any atom is -0.408 e. The zero-order valence-electron chi connectivity index (χ0n) is 6.70. The fourth-order valence-corrected chi connectivity index (χ4v) is 2.02. The quantitative estimate of drug-likeness (QED) is 0.572. The highest BCUT2D eigenvalue weighted by atomic mass is 16.4. The molecule has 1 saturated carbocycles. The molecule has 3 unspecified atom stereocenters. The maximum atomic E-state index is 10.8. The van der Waals surface area contributed by atoms with Gasteiger partial charge in [-0.1, -0.05) is 13.0 Å². The summed E-state index contributed by atoms with van der Waals surface area (Å²) >= 11 is 0. The van der Waals surface area contributed by atoms with Crippen molar-refractivity contribution in [1.82, 2.24) is 4.98 Å². The molecule has 1 aromatic heterocycles. The third-order valence-corrected chi connectivity index (χ3v) is 2.93. The molecular weight excluding hydrogens is 154 g/mol. The van der Waals surface area contributed by atoms with Crippen molar-refractivity contribution in [3.8, 4) is 0 Å². The van der Waals surface area contributed by atoms with E-state index >= 15 is 0 Å². The molecule has 2 aliphatic carbocycles. The van der Waals surface area contributed by atoms with Crippen LogP contribution in [0, 0.1) is 17.8 Å². The molecule has 1 N–H and O–H groups in total. The average molecular weight is 165 g/mol. The van der Waals surface area contributed by atoms with Gasteiger partial charge in [-0.15, -0.1) is 0 Å². The molecule has 0 radical (unpaired) electrons. The van der Waals surface area contributed by atoms with Crippen molar-refractivity contribution in [2.45, 2.75) is 6.92 Å². The summed E-state index contributed by atoms with van der Waals surface area (Å²) in [7, 11) is 0. The van der Waals surface area contributed by atoms with Crippen molar-refractivity contribution in [2.24, 2.45) is 17.8 Å². The zero-order valence-corrected chi connectivity index (χ0v) is 6.70. The molecule has 64 valence electrons. The van der Waals surface area contributed by atoms with Crippen LogP contribution in [0.2, 0.25) is 0 Å². The lowest BCUT2D eigenvalue weighted by Gasteiger charge is -1.87. The second-order valence-electron chi connectivity index (χ2n) is 3.64. The number of hydrogen-bond acceptors (Lipinski definition) is 2. The molecule has 1 aromatic rings. The Morgan fingerprint density at radius 3 is 3.08 bits per heavy atom. The summed E-state index contributed by atoms with van der Waals surface area (Å²) in [4.78, 5) is 13.5. The highest BCUT2D eigenvalue weighted by Crippen LogP contribution is 2.48. The Labute approximate surface area is 69.9 Å². The number of fused-ring (bicyclic) bond motifs is 2. The summed E-state index contributed by atoms with van der Waals surface area (Å²) in [5.41, 5.74) is 0.727. The van der Waals surface area contributed by atoms with E-state index < -0.39 is 0 Å². The molecule has 3 heteroatoms. The Bertz CT molecular complexity index is 456. The lowest BCUT2D eigenvalue weighted by Crippen LogP contribution is -2.25. The van der Waals surface area contributed by atoms with Gasteiger partial charge in [0.25, 0.3) is 0 Å². The standard InChI is InChI=1S/C9H9NO2.H2/c1-4-5-2-7-8(3-6(4)5)12-9(11)10-7;/h2-6H,1H3,(H,10,11);1H. The average Bonchev–Trinajstić information content (AvgIpc) is 2.53. The van der Waals surface area contributed by atoms with Crippen molar-refractivity contribution in [3.05, 3.63) is 21.3 Å². The van der Waals surface area contributed by atoms with Crippen molar-refractivity contribution in [2.75, 3.05) is 0 Å². The zero-order chi connectivity index (χ0) is 8.29. The first-order valence-electron chi connectivity index (χ1n) is 4.18. The summed E-state index contributed by atoms with van der Waals surface area (Å²) in [6, 6.07) is 0. The molecule has 0 aliphatic heterocycles. The van der Waals surface area contributed by atoms with Gasteiger partial charge in [0.05, 0.1) is 5.35 Å². The van der Waals surface area contributed by atoms with Crippen molar-refractivity contribution >= 4 is 12.2 Å². The number of aromatic nitrogens is 1. The topological polar surface area (TPSA) is 46.0 Å². The molecule has 0 bridgehead atoms. The number of oxazole rings is 1. The largest absolute Gasteiger partial charge is 0.417 e. The molecule has 1 heterocycles. The van der Waals surface area contributed by atoms with E-state index in [1.165, 1.54) is 0 Å². The summed E-state index contributed by atoms with van der Waals surface area (Å²) in [5.74, 6) is 1.61. The number of rotatable bonds is 0. The van der Waals surface area contributed by atoms with Gasteiger partial charge >= 0.3 is 5.76 Å². The first-order chi connectivity index (χ1) is 5.75. The summed E-state index contributed by atoms with van der Waals surface area (Å²) < 4.78 is 4.95. The molecular formula is C9H11NO2. The van der Waals surface area contributed by atoms with Crippen LogP contribution in [0.15, 0.2) is 9.21 Å². The van der Waals surface area contributed by atoms with Gasteiger partial charge in [-0.2, -0.15) is 0 Å². The van der Waals surface area contributed by atoms with E-state index in [-0.39, 0.29) is 7.18 Å². The molecule has 0 amide bonds.